The van der Waals surface area contributed by atoms with Gasteiger partial charge in [0.1, 0.15) is 0 Å². The van der Waals surface area contributed by atoms with Crippen LogP contribution in [-0.4, -0.2) is 47.3 Å². The van der Waals surface area contributed by atoms with Gasteiger partial charge in [-0.15, -0.1) is 0 Å². The van der Waals surface area contributed by atoms with Crippen molar-refractivity contribution >= 4 is 162 Å². The average molecular weight is 998 g/mol. The average Bonchev–Trinajstić information content (AvgIpc) is 3.20. The SMILES string of the molecule is CC(=O)C(N=Nc1ccc(Cl)c(C(=O)Nc2cccc(Cl)c2Cl)c1)C(=O)Nc1cc(Cl)c(NC(=O)C(N=Nc2ccc(Cl)c(C(=O)Nc3cccc(Cl)c3Cl)c2)C(C)=O)c(Cl)c1. The second-order valence-electron chi connectivity index (χ2n) is 12.7. The number of rotatable bonds is 14. The van der Waals surface area contributed by atoms with Gasteiger partial charge in [-0.2, -0.15) is 20.5 Å². The van der Waals surface area contributed by atoms with Crippen molar-refractivity contribution in [3.05, 3.63) is 136 Å². The highest BCUT2D eigenvalue weighted by Gasteiger charge is 2.27. The molecule has 0 fully saturated rings. The summed E-state index contributed by atoms with van der Waals surface area (Å²) in [5.74, 6) is -4.61. The lowest BCUT2D eigenvalue weighted by molar-refractivity contribution is -0.127. The Hall–Kier alpha value is -5.16. The number of hydrogen-bond acceptors (Lipinski definition) is 10. The third-order valence-electron chi connectivity index (χ3n) is 8.19. The highest BCUT2D eigenvalue weighted by atomic mass is 35.5. The number of azo groups is 2. The van der Waals surface area contributed by atoms with E-state index in [1.165, 1.54) is 60.7 Å². The first-order valence-electron chi connectivity index (χ1n) is 17.4. The van der Waals surface area contributed by atoms with Crippen LogP contribution in [0.5, 0.6) is 0 Å². The summed E-state index contributed by atoms with van der Waals surface area (Å²) in [7, 11) is 0. The second-order valence-corrected chi connectivity index (χ2v) is 15.9. The molecule has 5 rings (SSSR count). The molecule has 0 saturated carbocycles. The van der Waals surface area contributed by atoms with Gasteiger partial charge in [-0.25, -0.2) is 0 Å². The Bertz CT molecular complexity index is 2690. The van der Waals surface area contributed by atoms with E-state index in [2.05, 4.69) is 41.7 Å². The topological polar surface area (TPSA) is 200 Å². The number of halogens is 8. The van der Waals surface area contributed by atoms with E-state index in [9.17, 15) is 28.8 Å². The molecule has 0 saturated heterocycles. The van der Waals surface area contributed by atoms with Gasteiger partial charge in [0.15, 0.2) is 11.6 Å². The maximum Gasteiger partial charge on any atom is 0.258 e. The number of ketones is 2. The van der Waals surface area contributed by atoms with Crippen molar-refractivity contribution in [3.8, 4) is 0 Å². The summed E-state index contributed by atoms with van der Waals surface area (Å²) in [6.07, 6.45) is 0. The predicted molar refractivity (Wildman–Crippen MR) is 243 cm³/mol. The van der Waals surface area contributed by atoms with Gasteiger partial charge in [0.05, 0.1) is 79.7 Å². The zero-order valence-electron chi connectivity index (χ0n) is 31.5. The third kappa shape index (κ3) is 12.1. The summed E-state index contributed by atoms with van der Waals surface area (Å²) in [6, 6.07) is 16.5. The maximum atomic E-state index is 13.3. The van der Waals surface area contributed by atoms with Gasteiger partial charge in [-0.3, -0.25) is 28.8 Å². The minimum Gasteiger partial charge on any atom is -0.324 e. The van der Waals surface area contributed by atoms with E-state index in [-0.39, 0.29) is 85.4 Å². The monoisotopic (exact) mass is 994 g/mol. The molecule has 0 aliphatic carbocycles. The van der Waals surface area contributed by atoms with Crippen LogP contribution < -0.4 is 21.3 Å². The summed E-state index contributed by atoms with van der Waals surface area (Å²) < 4.78 is 0. The molecular weight excluding hydrogens is 972 g/mol. The van der Waals surface area contributed by atoms with Crippen LogP contribution in [0.4, 0.5) is 34.1 Å². The zero-order chi connectivity index (χ0) is 45.4. The van der Waals surface area contributed by atoms with Gasteiger partial charge in [0.25, 0.3) is 23.6 Å². The first-order chi connectivity index (χ1) is 29.3. The van der Waals surface area contributed by atoms with Crippen LogP contribution in [0, 0.1) is 0 Å². The van der Waals surface area contributed by atoms with Gasteiger partial charge < -0.3 is 21.3 Å². The molecule has 0 heterocycles. The number of anilines is 4. The fraction of sp³-hybridized carbons (Fsp3) is 0.100. The summed E-state index contributed by atoms with van der Waals surface area (Å²) in [5.41, 5.74) is 0.412. The molecule has 318 valence electrons. The molecule has 0 radical (unpaired) electrons. The Kier molecular flexibility index (Phi) is 16.4. The molecule has 14 nitrogen and oxygen atoms in total. The van der Waals surface area contributed by atoms with Gasteiger partial charge in [-0.1, -0.05) is 105 Å². The number of carbonyl (C=O) groups is 6. The molecule has 0 bridgehead atoms. The van der Waals surface area contributed by atoms with Crippen LogP contribution in [0.1, 0.15) is 34.6 Å². The molecule has 22 heteroatoms. The number of amides is 4. The smallest absolute Gasteiger partial charge is 0.258 e. The molecule has 5 aromatic carbocycles. The van der Waals surface area contributed by atoms with E-state index >= 15 is 0 Å². The Morgan fingerprint density at radius 2 is 0.871 bits per heavy atom. The van der Waals surface area contributed by atoms with Crippen LogP contribution >= 0.6 is 92.8 Å². The highest BCUT2D eigenvalue weighted by molar-refractivity contribution is 6.45. The summed E-state index contributed by atoms with van der Waals surface area (Å²) in [6.45, 7) is 2.22. The lowest BCUT2D eigenvalue weighted by Crippen LogP contribution is -2.32. The Morgan fingerprint density at radius 1 is 0.468 bits per heavy atom. The van der Waals surface area contributed by atoms with E-state index in [4.69, 9.17) is 92.8 Å². The summed E-state index contributed by atoms with van der Waals surface area (Å²) in [4.78, 5) is 77.6. The predicted octanol–water partition coefficient (Wildman–Crippen LogP) is 12.8. The summed E-state index contributed by atoms with van der Waals surface area (Å²) in [5, 5.41) is 26.3. The Balaban J connectivity index is 1.26. The minimum atomic E-state index is -1.70. The summed E-state index contributed by atoms with van der Waals surface area (Å²) >= 11 is 49.8. The molecule has 0 aliphatic rings. The van der Waals surface area contributed by atoms with Crippen LogP contribution in [0.25, 0.3) is 0 Å². The molecular formula is C40H26Cl8N8O6. The van der Waals surface area contributed by atoms with E-state index in [1.807, 2.05) is 0 Å². The molecule has 0 aliphatic heterocycles. The second kappa shape index (κ2) is 21.3. The van der Waals surface area contributed by atoms with Crippen LogP contribution in [-0.2, 0) is 19.2 Å². The normalized spacial score (nSPS) is 12.2. The van der Waals surface area contributed by atoms with Gasteiger partial charge in [0.2, 0.25) is 12.1 Å². The molecule has 4 amide bonds. The Morgan fingerprint density at radius 3 is 1.27 bits per heavy atom. The van der Waals surface area contributed by atoms with Crippen molar-refractivity contribution in [1.29, 1.82) is 0 Å². The number of nitrogens with one attached hydrogen (secondary N) is 4. The van der Waals surface area contributed by atoms with Crippen molar-refractivity contribution in [1.82, 2.24) is 0 Å². The van der Waals surface area contributed by atoms with Crippen LogP contribution in [0.3, 0.4) is 0 Å². The number of Topliss-reactive ketones (excluding diaryl/α,β-unsaturated/α-hetero) is 2. The van der Waals surface area contributed by atoms with E-state index in [0.29, 0.717) is 0 Å². The lowest BCUT2D eigenvalue weighted by Gasteiger charge is -2.15. The maximum absolute atomic E-state index is 13.3. The van der Waals surface area contributed by atoms with Gasteiger partial charge in [0, 0.05) is 5.69 Å². The van der Waals surface area contributed by atoms with E-state index in [0.717, 1.165) is 13.8 Å². The van der Waals surface area contributed by atoms with Crippen molar-refractivity contribution < 1.29 is 28.8 Å². The number of hydrogen-bond donors (Lipinski definition) is 4. The van der Waals surface area contributed by atoms with Gasteiger partial charge >= 0.3 is 0 Å². The zero-order valence-corrected chi connectivity index (χ0v) is 37.5. The highest BCUT2D eigenvalue weighted by Crippen LogP contribution is 2.36. The third-order valence-corrected chi connectivity index (χ3v) is 11.1. The molecule has 2 atom stereocenters. The standard InChI is InChI=1S/C40H26Cl8N8O6/c1-17(57)34(55-53-19-9-11-24(41)22(13-19)37(59)50-30-7-3-5-26(43)32(30)47)39(61)49-21-15-28(45)36(29(46)16-21)52-40(62)35(18(2)58)56-54-20-10-12-25(42)23(14-20)38(60)51-31-8-4-6-27(44)33(31)48/h3-16,34-35H,1-2H3,(H,49,61)(H,50,59)(H,51,60)(H,52,62). The molecule has 0 spiro atoms. The first-order valence-corrected chi connectivity index (χ1v) is 20.4. The quantitative estimate of drug-likeness (QED) is 0.0630. The van der Waals surface area contributed by atoms with Crippen LogP contribution in [0.2, 0.25) is 40.2 Å². The largest absolute Gasteiger partial charge is 0.324 e. The van der Waals surface area contributed by atoms with Crippen molar-refractivity contribution in [2.75, 3.05) is 21.3 Å². The fourth-order valence-electron chi connectivity index (χ4n) is 5.13. The fourth-order valence-corrected chi connectivity index (χ4v) is 6.82. The lowest BCUT2D eigenvalue weighted by atomic mass is 10.1. The van der Waals surface area contributed by atoms with E-state index in [1.54, 1.807) is 24.3 Å². The molecule has 4 N–H and O–H groups in total. The number of carbonyl (C=O) groups excluding carboxylic acids is 6. The molecule has 0 aromatic heterocycles. The molecule has 62 heavy (non-hydrogen) atoms. The minimum absolute atomic E-state index is 0.00223. The number of nitrogens with zero attached hydrogens (tertiary/aromatic N) is 4. The molecule has 2 unspecified atom stereocenters. The molecule has 5 aromatic rings. The van der Waals surface area contributed by atoms with E-state index < -0.39 is 47.3 Å². The first kappa shape index (κ1) is 47.9. The Labute approximate surface area is 392 Å². The van der Waals surface area contributed by atoms with Crippen molar-refractivity contribution in [2.24, 2.45) is 20.5 Å². The van der Waals surface area contributed by atoms with Crippen molar-refractivity contribution in [2.45, 2.75) is 25.9 Å². The van der Waals surface area contributed by atoms with Crippen LogP contribution in [0.15, 0.2) is 105 Å². The number of benzene rings is 5. The van der Waals surface area contributed by atoms with Gasteiger partial charge in [-0.05, 0) is 86.6 Å². The van der Waals surface area contributed by atoms with Crippen molar-refractivity contribution in [3.63, 3.8) is 0 Å².